The number of carbonyl (C=O) groups excluding carboxylic acids is 1. The lowest BCUT2D eigenvalue weighted by atomic mass is 10.2. The minimum Gasteiger partial charge on any atom is -0.398 e. The molecule has 19 heavy (non-hydrogen) atoms. The van der Waals surface area contributed by atoms with Crippen molar-refractivity contribution in [2.75, 3.05) is 24.6 Å². The van der Waals surface area contributed by atoms with Crippen molar-refractivity contribution in [1.82, 2.24) is 4.90 Å². The van der Waals surface area contributed by atoms with E-state index in [0.29, 0.717) is 5.75 Å². The SMILES string of the molecule is CCCN(CCC)C(=O)CSc1ccc(C)cc1N. The Morgan fingerprint density at radius 2 is 1.89 bits per heavy atom. The highest BCUT2D eigenvalue weighted by Crippen LogP contribution is 2.26. The number of aryl methyl sites for hydroxylation is 1. The Labute approximate surface area is 120 Å². The second-order valence-corrected chi connectivity index (χ2v) is 5.73. The molecule has 0 aliphatic rings. The smallest absolute Gasteiger partial charge is 0.232 e. The van der Waals surface area contributed by atoms with Crippen LogP contribution in [0, 0.1) is 6.92 Å². The molecule has 0 spiro atoms. The Kier molecular flexibility index (Phi) is 6.78. The molecule has 1 aromatic rings. The fourth-order valence-electron chi connectivity index (χ4n) is 1.93. The Bertz CT molecular complexity index is 415. The molecule has 106 valence electrons. The van der Waals surface area contributed by atoms with Crippen molar-refractivity contribution in [3.05, 3.63) is 23.8 Å². The molecule has 0 heterocycles. The summed E-state index contributed by atoms with van der Waals surface area (Å²) in [7, 11) is 0. The van der Waals surface area contributed by atoms with Gasteiger partial charge in [-0.3, -0.25) is 4.79 Å². The highest BCUT2D eigenvalue weighted by molar-refractivity contribution is 8.00. The molecule has 0 saturated heterocycles. The zero-order valence-electron chi connectivity index (χ0n) is 12.1. The topological polar surface area (TPSA) is 46.3 Å². The van der Waals surface area contributed by atoms with Gasteiger partial charge in [0.2, 0.25) is 5.91 Å². The van der Waals surface area contributed by atoms with Gasteiger partial charge >= 0.3 is 0 Å². The number of hydrogen-bond acceptors (Lipinski definition) is 3. The van der Waals surface area contributed by atoms with E-state index in [1.54, 1.807) is 0 Å². The van der Waals surface area contributed by atoms with Crippen molar-refractivity contribution in [1.29, 1.82) is 0 Å². The summed E-state index contributed by atoms with van der Waals surface area (Å²) in [5.74, 6) is 0.668. The molecule has 0 saturated carbocycles. The van der Waals surface area contributed by atoms with Crippen LogP contribution in [0.25, 0.3) is 0 Å². The zero-order valence-corrected chi connectivity index (χ0v) is 12.9. The van der Waals surface area contributed by atoms with Crippen LogP contribution in [0.5, 0.6) is 0 Å². The van der Waals surface area contributed by atoms with Gasteiger partial charge in [0.1, 0.15) is 0 Å². The Morgan fingerprint density at radius 1 is 1.26 bits per heavy atom. The Hall–Kier alpha value is -1.16. The van der Waals surface area contributed by atoms with Gasteiger partial charge in [0.25, 0.3) is 0 Å². The third-order valence-corrected chi connectivity index (χ3v) is 3.93. The van der Waals surface area contributed by atoms with Crippen molar-refractivity contribution in [3.63, 3.8) is 0 Å². The molecule has 0 radical (unpaired) electrons. The molecule has 0 aromatic heterocycles. The molecule has 2 N–H and O–H groups in total. The lowest BCUT2D eigenvalue weighted by Crippen LogP contribution is -2.33. The Morgan fingerprint density at radius 3 is 2.42 bits per heavy atom. The van der Waals surface area contributed by atoms with Gasteiger partial charge in [-0.25, -0.2) is 0 Å². The maximum absolute atomic E-state index is 12.1. The number of benzene rings is 1. The van der Waals surface area contributed by atoms with E-state index in [9.17, 15) is 4.79 Å². The number of anilines is 1. The van der Waals surface area contributed by atoms with E-state index in [0.717, 1.165) is 42.1 Å². The molecule has 1 amide bonds. The van der Waals surface area contributed by atoms with E-state index in [1.165, 1.54) is 11.8 Å². The number of hydrogen-bond donors (Lipinski definition) is 1. The van der Waals surface area contributed by atoms with Crippen molar-refractivity contribution >= 4 is 23.4 Å². The van der Waals surface area contributed by atoms with E-state index in [1.807, 2.05) is 30.0 Å². The first-order chi connectivity index (χ1) is 9.08. The highest BCUT2D eigenvalue weighted by atomic mass is 32.2. The van der Waals surface area contributed by atoms with Crippen LogP contribution in [0.4, 0.5) is 5.69 Å². The van der Waals surface area contributed by atoms with Crippen LogP contribution in [-0.2, 0) is 4.79 Å². The summed E-state index contributed by atoms with van der Waals surface area (Å²) in [4.78, 5) is 15.1. The average molecular weight is 280 g/mol. The van der Waals surface area contributed by atoms with E-state index in [-0.39, 0.29) is 5.91 Å². The highest BCUT2D eigenvalue weighted by Gasteiger charge is 2.12. The first-order valence-electron chi connectivity index (χ1n) is 6.85. The molecule has 4 heteroatoms. The molecule has 1 rings (SSSR count). The van der Waals surface area contributed by atoms with Gasteiger partial charge in [0.15, 0.2) is 0 Å². The molecule has 0 bridgehead atoms. The van der Waals surface area contributed by atoms with E-state index in [4.69, 9.17) is 5.73 Å². The van der Waals surface area contributed by atoms with Crippen molar-refractivity contribution in [2.24, 2.45) is 0 Å². The van der Waals surface area contributed by atoms with E-state index >= 15 is 0 Å². The number of thioether (sulfide) groups is 1. The van der Waals surface area contributed by atoms with Gasteiger partial charge in [-0.1, -0.05) is 19.9 Å². The molecule has 0 aliphatic carbocycles. The second kappa shape index (κ2) is 8.10. The molecule has 0 atom stereocenters. The zero-order chi connectivity index (χ0) is 14.3. The standard InChI is InChI=1S/C15H24N2OS/c1-4-8-17(9-5-2)15(18)11-19-14-7-6-12(3)10-13(14)16/h6-7,10H,4-5,8-9,11,16H2,1-3H3. The van der Waals surface area contributed by atoms with E-state index < -0.39 is 0 Å². The largest absolute Gasteiger partial charge is 0.398 e. The fraction of sp³-hybridized carbons (Fsp3) is 0.533. The van der Waals surface area contributed by atoms with Crippen LogP contribution in [0.15, 0.2) is 23.1 Å². The maximum atomic E-state index is 12.1. The lowest BCUT2D eigenvalue weighted by Gasteiger charge is -2.21. The summed E-state index contributed by atoms with van der Waals surface area (Å²) in [5, 5.41) is 0. The van der Waals surface area contributed by atoms with Crippen LogP contribution in [0.1, 0.15) is 32.3 Å². The number of nitrogen functional groups attached to an aromatic ring is 1. The first kappa shape index (κ1) is 15.9. The summed E-state index contributed by atoms with van der Waals surface area (Å²) in [6, 6.07) is 5.97. The average Bonchev–Trinajstić information content (AvgIpc) is 2.37. The van der Waals surface area contributed by atoms with Gasteiger partial charge in [-0.2, -0.15) is 0 Å². The van der Waals surface area contributed by atoms with Crippen LogP contribution in [0.3, 0.4) is 0 Å². The van der Waals surface area contributed by atoms with Crippen LogP contribution >= 0.6 is 11.8 Å². The van der Waals surface area contributed by atoms with Crippen LogP contribution in [0.2, 0.25) is 0 Å². The molecular weight excluding hydrogens is 256 g/mol. The number of nitrogens with zero attached hydrogens (tertiary/aromatic N) is 1. The minimum absolute atomic E-state index is 0.202. The number of rotatable bonds is 7. The predicted octanol–water partition coefficient (Wildman–Crippen LogP) is 3.32. The van der Waals surface area contributed by atoms with Gasteiger partial charge in [-0.05, 0) is 37.5 Å². The van der Waals surface area contributed by atoms with Gasteiger partial charge < -0.3 is 10.6 Å². The van der Waals surface area contributed by atoms with Crippen molar-refractivity contribution in [3.8, 4) is 0 Å². The molecule has 0 fully saturated rings. The minimum atomic E-state index is 0.202. The van der Waals surface area contributed by atoms with Gasteiger partial charge in [-0.15, -0.1) is 11.8 Å². The fourth-order valence-corrected chi connectivity index (χ4v) is 2.78. The molecule has 1 aromatic carbocycles. The van der Waals surface area contributed by atoms with E-state index in [2.05, 4.69) is 13.8 Å². The molecule has 3 nitrogen and oxygen atoms in total. The van der Waals surface area contributed by atoms with Crippen LogP contribution in [-0.4, -0.2) is 29.6 Å². The molecular formula is C15H24N2OS. The molecule has 0 unspecified atom stereocenters. The first-order valence-corrected chi connectivity index (χ1v) is 7.83. The van der Waals surface area contributed by atoms with Crippen molar-refractivity contribution < 1.29 is 4.79 Å². The van der Waals surface area contributed by atoms with Crippen molar-refractivity contribution in [2.45, 2.75) is 38.5 Å². The Balaban J connectivity index is 2.56. The summed E-state index contributed by atoms with van der Waals surface area (Å²) in [6.07, 6.45) is 2.01. The van der Waals surface area contributed by atoms with Gasteiger partial charge in [0, 0.05) is 23.7 Å². The molecule has 0 aliphatic heterocycles. The second-order valence-electron chi connectivity index (χ2n) is 4.71. The lowest BCUT2D eigenvalue weighted by molar-refractivity contribution is -0.128. The number of amides is 1. The van der Waals surface area contributed by atoms with Crippen LogP contribution < -0.4 is 5.73 Å². The monoisotopic (exact) mass is 280 g/mol. The maximum Gasteiger partial charge on any atom is 0.232 e. The predicted molar refractivity (Wildman–Crippen MR) is 83.5 cm³/mol. The van der Waals surface area contributed by atoms with Gasteiger partial charge in [0.05, 0.1) is 5.75 Å². The summed E-state index contributed by atoms with van der Waals surface area (Å²) >= 11 is 1.53. The summed E-state index contributed by atoms with van der Waals surface area (Å²) in [5.41, 5.74) is 7.86. The third-order valence-electron chi connectivity index (χ3n) is 2.86. The summed E-state index contributed by atoms with van der Waals surface area (Å²) in [6.45, 7) is 7.90. The third kappa shape index (κ3) is 5.15. The quantitative estimate of drug-likeness (QED) is 0.615. The summed E-state index contributed by atoms with van der Waals surface area (Å²) < 4.78 is 0. The number of carbonyl (C=O) groups is 1. The number of nitrogens with two attached hydrogens (primary N) is 1. The normalized spacial score (nSPS) is 10.5.